The highest BCUT2D eigenvalue weighted by Gasteiger charge is 2.10. The van der Waals surface area contributed by atoms with Gasteiger partial charge in [-0.05, 0) is 36.4 Å². The van der Waals surface area contributed by atoms with E-state index in [0.717, 1.165) is 6.07 Å². The molecule has 0 fully saturated rings. The third kappa shape index (κ3) is 2.55. The first kappa shape index (κ1) is 13.1. The van der Waals surface area contributed by atoms with Gasteiger partial charge in [-0.25, -0.2) is 9.37 Å². The lowest BCUT2D eigenvalue weighted by Gasteiger charge is -2.06. The number of hydrogen-bond acceptors (Lipinski definition) is 4. The molecule has 0 atom stereocenters. The van der Waals surface area contributed by atoms with Crippen LogP contribution >= 0.6 is 0 Å². The third-order valence-electron chi connectivity index (χ3n) is 3.02. The molecule has 1 amide bonds. The van der Waals surface area contributed by atoms with Crippen LogP contribution in [-0.2, 0) is 0 Å². The van der Waals surface area contributed by atoms with E-state index in [9.17, 15) is 9.18 Å². The smallest absolute Gasteiger partial charge is 0.255 e. The summed E-state index contributed by atoms with van der Waals surface area (Å²) < 4.78 is 18.7. The summed E-state index contributed by atoms with van der Waals surface area (Å²) in [6.07, 6.45) is 0. The van der Waals surface area contributed by atoms with Gasteiger partial charge >= 0.3 is 0 Å². The fourth-order valence-corrected chi connectivity index (χ4v) is 1.99. The van der Waals surface area contributed by atoms with Gasteiger partial charge in [0.25, 0.3) is 5.91 Å². The minimum absolute atomic E-state index is 0.00559. The number of anilines is 2. The molecule has 0 radical (unpaired) electrons. The van der Waals surface area contributed by atoms with Gasteiger partial charge in [-0.1, -0.05) is 0 Å². The SMILES string of the molecule is Cc1nc2cc(NC(=O)c3ccc(N)c(F)c3)ccc2o1. The van der Waals surface area contributed by atoms with Crippen LogP contribution in [0.5, 0.6) is 0 Å². The number of carbonyl (C=O) groups is 1. The maximum absolute atomic E-state index is 13.4. The topological polar surface area (TPSA) is 81.2 Å². The Morgan fingerprint density at radius 3 is 2.86 bits per heavy atom. The van der Waals surface area contributed by atoms with Crippen LogP contribution in [0.3, 0.4) is 0 Å². The molecular weight excluding hydrogens is 273 g/mol. The van der Waals surface area contributed by atoms with Crippen molar-refractivity contribution in [2.45, 2.75) is 6.92 Å². The van der Waals surface area contributed by atoms with E-state index < -0.39 is 11.7 Å². The number of aromatic nitrogens is 1. The number of nitrogens with two attached hydrogens (primary N) is 1. The van der Waals surface area contributed by atoms with E-state index in [4.69, 9.17) is 10.2 Å². The van der Waals surface area contributed by atoms with Crippen molar-refractivity contribution in [3.63, 3.8) is 0 Å². The number of fused-ring (bicyclic) bond motifs is 1. The Morgan fingerprint density at radius 1 is 1.29 bits per heavy atom. The van der Waals surface area contributed by atoms with Crippen LogP contribution in [0, 0.1) is 12.7 Å². The van der Waals surface area contributed by atoms with Gasteiger partial charge in [0.05, 0.1) is 5.69 Å². The molecule has 106 valence electrons. The molecular formula is C15H12FN3O2. The summed E-state index contributed by atoms with van der Waals surface area (Å²) in [4.78, 5) is 16.2. The van der Waals surface area contributed by atoms with Crippen LogP contribution in [0.25, 0.3) is 11.1 Å². The summed E-state index contributed by atoms with van der Waals surface area (Å²) in [6, 6.07) is 9.02. The highest BCUT2D eigenvalue weighted by molar-refractivity contribution is 6.05. The van der Waals surface area contributed by atoms with E-state index in [1.54, 1.807) is 25.1 Å². The van der Waals surface area contributed by atoms with Crippen LogP contribution in [-0.4, -0.2) is 10.9 Å². The monoisotopic (exact) mass is 285 g/mol. The van der Waals surface area contributed by atoms with Crippen LogP contribution in [0.1, 0.15) is 16.2 Å². The molecule has 0 aliphatic rings. The lowest BCUT2D eigenvalue weighted by Crippen LogP contribution is -2.12. The summed E-state index contributed by atoms with van der Waals surface area (Å²) in [5.74, 6) is -0.493. The molecule has 1 aromatic heterocycles. The van der Waals surface area contributed by atoms with Gasteiger partial charge in [0.2, 0.25) is 0 Å². The Kier molecular flexibility index (Phi) is 3.06. The molecule has 0 spiro atoms. The van der Waals surface area contributed by atoms with E-state index in [2.05, 4.69) is 10.3 Å². The number of nitrogen functional groups attached to an aromatic ring is 1. The summed E-state index contributed by atoms with van der Waals surface area (Å²) in [5, 5.41) is 2.68. The lowest BCUT2D eigenvalue weighted by molar-refractivity contribution is 0.102. The summed E-state index contributed by atoms with van der Waals surface area (Å²) in [7, 11) is 0. The minimum atomic E-state index is -0.620. The first-order chi connectivity index (χ1) is 10.0. The Balaban J connectivity index is 1.86. The van der Waals surface area contributed by atoms with Crippen molar-refractivity contribution in [3.05, 3.63) is 53.7 Å². The Hall–Kier alpha value is -2.89. The van der Waals surface area contributed by atoms with Crippen LogP contribution in [0.15, 0.2) is 40.8 Å². The number of halogens is 1. The van der Waals surface area contributed by atoms with Crippen molar-refractivity contribution in [2.24, 2.45) is 0 Å². The molecule has 5 nitrogen and oxygen atoms in total. The average Bonchev–Trinajstić information content (AvgIpc) is 2.81. The number of hydrogen-bond donors (Lipinski definition) is 2. The van der Waals surface area contributed by atoms with E-state index >= 15 is 0 Å². The van der Waals surface area contributed by atoms with Crippen LogP contribution < -0.4 is 11.1 Å². The van der Waals surface area contributed by atoms with E-state index in [1.165, 1.54) is 12.1 Å². The van der Waals surface area contributed by atoms with Crippen molar-refractivity contribution >= 4 is 28.4 Å². The first-order valence-corrected chi connectivity index (χ1v) is 6.26. The van der Waals surface area contributed by atoms with Crippen LogP contribution in [0.2, 0.25) is 0 Å². The zero-order valence-corrected chi connectivity index (χ0v) is 11.2. The van der Waals surface area contributed by atoms with Gasteiger partial charge in [0.15, 0.2) is 11.5 Å². The minimum Gasteiger partial charge on any atom is -0.441 e. The number of carbonyl (C=O) groups excluding carboxylic acids is 1. The number of nitrogens with zero attached hydrogens (tertiary/aromatic N) is 1. The maximum atomic E-state index is 13.4. The Bertz CT molecular complexity index is 842. The molecule has 0 bridgehead atoms. The predicted molar refractivity (Wildman–Crippen MR) is 77.5 cm³/mol. The van der Waals surface area contributed by atoms with Gasteiger partial charge in [-0.3, -0.25) is 4.79 Å². The molecule has 6 heteroatoms. The molecule has 3 rings (SSSR count). The normalized spacial score (nSPS) is 10.8. The van der Waals surface area contributed by atoms with Crippen molar-refractivity contribution in [1.29, 1.82) is 0 Å². The summed E-state index contributed by atoms with van der Waals surface area (Å²) >= 11 is 0. The number of benzene rings is 2. The molecule has 3 N–H and O–H groups in total. The van der Waals surface area contributed by atoms with Gasteiger partial charge in [0.1, 0.15) is 11.3 Å². The first-order valence-electron chi connectivity index (χ1n) is 6.26. The molecule has 3 aromatic rings. The third-order valence-corrected chi connectivity index (χ3v) is 3.02. The predicted octanol–water partition coefficient (Wildman–Crippen LogP) is 3.11. The molecule has 2 aromatic carbocycles. The van der Waals surface area contributed by atoms with Crippen molar-refractivity contribution in [2.75, 3.05) is 11.1 Å². The van der Waals surface area contributed by atoms with E-state index in [0.29, 0.717) is 22.7 Å². The number of oxazole rings is 1. The summed E-state index contributed by atoms with van der Waals surface area (Å²) in [6.45, 7) is 1.75. The van der Waals surface area contributed by atoms with Crippen LogP contribution in [0.4, 0.5) is 15.8 Å². The largest absolute Gasteiger partial charge is 0.441 e. The van der Waals surface area contributed by atoms with Gasteiger partial charge in [-0.2, -0.15) is 0 Å². The van der Waals surface area contributed by atoms with Gasteiger partial charge in [0, 0.05) is 18.2 Å². The van der Waals surface area contributed by atoms with E-state index in [-0.39, 0.29) is 11.3 Å². The zero-order chi connectivity index (χ0) is 15.0. The summed E-state index contributed by atoms with van der Waals surface area (Å²) in [5.41, 5.74) is 7.42. The lowest BCUT2D eigenvalue weighted by atomic mass is 10.2. The molecule has 0 saturated carbocycles. The molecule has 0 unspecified atom stereocenters. The number of nitrogens with one attached hydrogen (secondary N) is 1. The van der Waals surface area contributed by atoms with Crippen molar-refractivity contribution in [3.8, 4) is 0 Å². The maximum Gasteiger partial charge on any atom is 0.255 e. The molecule has 0 saturated heterocycles. The molecule has 1 heterocycles. The van der Waals surface area contributed by atoms with Gasteiger partial charge in [-0.15, -0.1) is 0 Å². The molecule has 0 aliphatic heterocycles. The second kappa shape index (κ2) is 4.90. The average molecular weight is 285 g/mol. The fourth-order valence-electron chi connectivity index (χ4n) is 1.99. The molecule has 0 aliphatic carbocycles. The Labute approximate surface area is 119 Å². The quantitative estimate of drug-likeness (QED) is 0.709. The standard InChI is InChI=1S/C15H12FN3O2/c1-8-18-13-7-10(3-5-14(13)21-8)19-15(20)9-2-4-12(17)11(16)6-9/h2-7H,17H2,1H3,(H,19,20). The van der Waals surface area contributed by atoms with E-state index in [1.807, 2.05) is 0 Å². The number of rotatable bonds is 2. The zero-order valence-electron chi connectivity index (χ0n) is 11.2. The van der Waals surface area contributed by atoms with Crippen molar-refractivity contribution in [1.82, 2.24) is 4.98 Å². The van der Waals surface area contributed by atoms with Crippen molar-refractivity contribution < 1.29 is 13.6 Å². The molecule has 21 heavy (non-hydrogen) atoms. The fraction of sp³-hybridized carbons (Fsp3) is 0.0667. The number of amides is 1. The number of aryl methyl sites for hydroxylation is 1. The highest BCUT2D eigenvalue weighted by atomic mass is 19.1. The highest BCUT2D eigenvalue weighted by Crippen LogP contribution is 2.20. The van der Waals surface area contributed by atoms with Gasteiger partial charge < -0.3 is 15.5 Å². The second-order valence-electron chi connectivity index (χ2n) is 4.61. The second-order valence-corrected chi connectivity index (χ2v) is 4.61. The Morgan fingerprint density at radius 2 is 2.10 bits per heavy atom.